The number of rotatable bonds is 4. The molecule has 0 saturated carbocycles. The van der Waals surface area contributed by atoms with Gasteiger partial charge >= 0.3 is 0 Å². The van der Waals surface area contributed by atoms with Crippen LogP contribution in [-0.4, -0.2) is 111 Å². The van der Waals surface area contributed by atoms with E-state index < -0.39 is 68.3 Å². The highest BCUT2D eigenvalue weighted by Gasteiger charge is 2.47. The Balaban J connectivity index is 0.00000264. The zero-order chi connectivity index (χ0) is 16.4. The summed E-state index contributed by atoms with van der Waals surface area (Å²) in [6.07, 6.45) is -12.1. The molecule has 7 N–H and O–H groups in total. The second-order valence-electron chi connectivity index (χ2n) is 5.41. The molecule has 0 aromatic rings. The van der Waals surface area contributed by atoms with Gasteiger partial charge < -0.3 is 50.0 Å². The van der Waals surface area contributed by atoms with Crippen molar-refractivity contribution in [3.8, 4) is 0 Å². The summed E-state index contributed by atoms with van der Waals surface area (Å²) < 4.78 is 15.6. The highest BCUT2D eigenvalue weighted by Crippen LogP contribution is 2.26. The monoisotopic (exact) mass is 398 g/mol. The molecule has 0 amide bonds. The van der Waals surface area contributed by atoms with Crippen LogP contribution >= 0.6 is 24.8 Å². The Morgan fingerprint density at radius 1 is 0.750 bits per heavy atom. The van der Waals surface area contributed by atoms with Crippen LogP contribution in [0.1, 0.15) is 0 Å². The molecule has 2 heterocycles. The lowest BCUT2D eigenvalue weighted by atomic mass is 9.98. The number of ether oxygens (including phenoxy) is 3. The molecule has 0 bridgehead atoms. The number of hydrogen-bond donors (Lipinski definition) is 7. The topological polar surface area (TPSA) is 169 Å². The largest absolute Gasteiger partial charge is 0.394 e. The van der Waals surface area contributed by atoms with Crippen molar-refractivity contribution >= 4 is 24.8 Å². The summed E-state index contributed by atoms with van der Waals surface area (Å²) >= 11 is 0. The zero-order valence-electron chi connectivity index (χ0n) is 12.5. The summed E-state index contributed by atoms with van der Waals surface area (Å²) in [5, 5.41) is 66.9. The Kier molecular flexibility index (Phi) is 10.4. The van der Waals surface area contributed by atoms with Crippen LogP contribution in [0.3, 0.4) is 0 Å². The van der Waals surface area contributed by atoms with Crippen LogP contribution in [0.2, 0.25) is 0 Å². The van der Waals surface area contributed by atoms with Crippen molar-refractivity contribution < 1.29 is 50.0 Å². The van der Waals surface area contributed by atoms with Gasteiger partial charge in [-0.25, -0.2) is 0 Å². The number of hydrogen-bond acceptors (Lipinski definition) is 10. The van der Waals surface area contributed by atoms with Crippen LogP contribution in [0.5, 0.6) is 0 Å². The van der Waals surface area contributed by atoms with E-state index >= 15 is 0 Å². The number of halogens is 2. The van der Waals surface area contributed by atoms with E-state index in [9.17, 15) is 25.5 Å². The molecule has 0 radical (unpaired) electrons. The molecule has 12 heteroatoms. The van der Waals surface area contributed by atoms with Gasteiger partial charge in [-0.15, -0.1) is 24.8 Å². The van der Waals surface area contributed by atoms with Gasteiger partial charge in [-0.1, -0.05) is 0 Å². The number of aliphatic hydroxyl groups is 7. The molecule has 9 atom stereocenters. The van der Waals surface area contributed by atoms with Gasteiger partial charge in [-0.3, -0.25) is 0 Å². The van der Waals surface area contributed by atoms with Gasteiger partial charge in [-0.2, -0.15) is 0 Å². The summed E-state index contributed by atoms with van der Waals surface area (Å²) in [6, 6.07) is 0. The zero-order valence-corrected chi connectivity index (χ0v) is 14.1. The third-order valence-electron chi connectivity index (χ3n) is 3.92. The fourth-order valence-corrected chi connectivity index (χ4v) is 2.49. The molecule has 0 aromatic heterocycles. The first-order valence-corrected chi connectivity index (χ1v) is 6.95. The highest BCUT2D eigenvalue weighted by molar-refractivity contribution is 5.85. The van der Waals surface area contributed by atoms with Crippen molar-refractivity contribution in [2.24, 2.45) is 0 Å². The molecule has 2 fully saturated rings. The van der Waals surface area contributed by atoms with Crippen molar-refractivity contribution in [3.63, 3.8) is 0 Å². The fraction of sp³-hybridized carbons (Fsp3) is 1.00. The number of aliphatic hydroxyl groups excluding tert-OH is 7. The van der Waals surface area contributed by atoms with Crippen molar-refractivity contribution in [1.82, 2.24) is 0 Å². The predicted octanol–water partition coefficient (Wildman–Crippen LogP) is -3.87. The van der Waals surface area contributed by atoms with E-state index in [1.54, 1.807) is 0 Å². The van der Waals surface area contributed by atoms with E-state index in [0.29, 0.717) is 0 Å². The van der Waals surface area contributed by atoms with E-state index in [1.165, 1.54) is 0 Å². The second-order valence-corrected chi connectivity index (χ2v) is 5.41. The highest BCUT2D eigenvalue weighted by atomic mass is 35.5. The maximum absolute atomic E-state index is 9.93. The van der Waals surface area contributed by atoms with Crippen molar-refractivity contribution in [2.75, 3.05) is 19.8 Å². The molecule has 2 rings (SSSR count). The van der Waals surface area contributed by atoms with Gasteiger partial charge in [0.1, 0.15) is 48.8 Å². The van der Waals surface area contributed by atoms with Crippen molar-refractivity contribution in [1.29, 1.82) is 0 Å². The Hall–Kier alpha value is 0.180. The van der Waals surface area contributed by atoms with E-state index in [0.717, 1.165) is 0 Å². The summed E-state index contributed by atoms with van der Waals surface area (Å²) in [6.45, 7) is -1.27. The molecule has 10 nitrogen and oxygen atoms in total. The first-order valence-electron chi connectivity index (χ1n) is 6.95. The van der Waals surface area contributed by atoms with Crippen LogP contribution in [0.15, 0.2) is 0 Å². The molecule has 2 aliphatic rings. The van der Waals surface area contributed by atoms with E-state index in [-0.39, 0.29) is 31.4 Å². The standard InChI is InChI=1S/C12H22O10.2ClH/c13-1-4-7(15)9(17)6(3-20-4)22-12-11(19)10(18)8(16)5(2-14)21-12;;/h4-19H,1-3H2;2*1H/t4-,5-,6-,7-,8-,9-,10+,11+,12+;;/m1../s1. The fourth-order valence-electron chi connectivity index (χ4n) is 2.49. The predicted molar refractivity (Wildman–Crippen MR) is 82.0 cm³/mol. The summed E-state index contributed by atoms with van der Waals surface area (Å²) in [5.41, 5.74) is 0. The smallest absolute Gasteiger partial charge is 0.187 e. The minimum absolute atomic E-state index is 0. The van der Waals surface area contributed by atoms with Crippen LogP contribution in [0, 0.1) is 0 Å². The third kappa shape index (κ3) is 4.87. The molecule has 0 aromatic carbocycles. The van der Waals surface area contributed by atoms with Gasteiger partial charge in [0.25, 0.3) is 0 Å². The van der Waals surface area contributed by atoms with Crippen LogP contribution < -0.4 is 0 Å². The maximum atomic E-state index is 9.93. The van der Waals surface area contributed by atoms with Crippen LogP contribution in [0.4, 0.5) is 0 Å². The van der Waals surface area contributed by atoms with Gasteiger partial charge in [0.2, 0.25) is 0 Å². The lowest BCUT2D eigenvalue weighted by molar-refractivity contribution is -0.331. The van der Waals surface area contributed by atoms with Crippen LogP contribution in [0.25, 0.3) is 0 Å². The molecule has 24 heavy (non-hydrogen) atoms. The summed E-state index contributed by atoms with van der Waals surface area (Å²) in [4.78, 5) is 0. The SMILES string of the molecule is Cl.Cl.OC[C@H]1O[C@@H](O[C@@H]2CO[C@H](CO)[C@@H](O)[C@@H]2O)[C@@H](O)[C@@H](O)[C@@H]1O. The normalized spacial score (nSPS) is 45.9. The lowest BCUT2D eigenvalue weighted by Gasteiger charge is -2.43. The molecule has 0 aliphatic carbocycles. The third-order valence-corrected chi connectivity index (χ3v) is 3.92. The average Bonchev–Trinajstić information content (AvgIpc) is 2.52. The van der Waals surface area contributed by atoms with E-state index in [1.807, 2.05) is 0 Å². The van der Waals surface area contributed by atoms with Gasteiger partial charge in [0.05, 0.1) is 19.8 Å². The molecule has 2 aliphatic heterocycles. The first kappa shape index (κ1) is 24.2. The summed E-state index contributed by atoms with van der Waals surface area (Å²) in [7, 11) is 0. The quantitative estimate of drug-likeness (QED) is 0.248. The Bertz CT molecular complexity index is 363. The Labute approximate surface area is 150 Å². The Morgan fingerprint density at radius 2 is 1.29 bits per heavy atom. The molecule has 0 unspecified atom stereocenters. The van der Waals surface area contributed by atoms with Crippen molar-refractivity contribution in [2.45, 2.75) is 55.1 Å². The van der Waals surface area contributed by atoms with E-state index in [4.69, 9.17) is 24.4 Å². The Morgan fingerprint density at radius 3 is 1.83 bits per heavy atom. The van der Waals surface area contributed by atoms with Gasteiger partial charge in [0, 0.05) is 0 Å². The molecular formula is C12H24Cl2O10. The molecular weight excluding hydrogens is 375 g/mol. The first-order chi connectivity index (χ1) is 10.4. The minimum Gasteiger partial charge on any atom is -0.394 e. The summed E-state index contributed by atoms with van der Waals surface area (Å²) in [5.74, 6) is 0. The molecule has 0 spiro atoms. The maximum Gasteiger partial charge on any atom is 0.187 e. The second kappa shape index (κ2) is 10.4. The minimum atomic E-state index is -1.61. The molecule has 2 saturated heterocycles. The van der Waals surface area contributed by atoms with Gasteiger partial charge in [-0.05, 0) is 0 Å². The van der Waals surface area contributed by atoms with E-state index in [2.05, 4.69) is 0 Å². The average molecular weight is 399 g/mol. The lowest BCUT2D eigenvalue weighted by Crippen LogP contribution is -2.62. The van der Waals surface area contributed by atoms with Gasteiger partial charge in [0.15, 0.2) is 6.29 Å². The molecule has 146 valence electrons. The van der Waals surface area contributed by atoms with Crippen molar-refractivity contribution in [3.05, 3.63) is 0 Å². The van der Waals surface area contributed by atoms with Crippen LogP contribution in [-0.2, 0) is 14.2 Å².